The van der Waals surface area contributed by atoms with Gasteiger partial charge in [0.25, 0.3) is 5.91 Å². The number of esters is 1. The Hall–Kier alpha value is -4.19. The van der Waals surface area contributed by atoms with Gasteiger partial charge in [0, 0.05) is 18.7 Å². The van der Waals surface area contributed by atoms with E-state index in [1.54, 1.807) is 48.5 Å². The molecule has 9 heteroatoms. The van der Waals surface area contributed by atoms with E-state index in [9.17, 15) is 18.8 Å². The average Bonchev–Trinajstić information content (AvgIpc) is 2.85. The molecular formula is C24H21FN4O4. The second-order valence-electron chi connectivity index (χ2n) is 7.63. The van der Waals surface area contributed by atoms with E-state index in [2.05, 4.69) is 5.32 Å². The van der Waals surface area contributed by atoms with Gasteiger partial charge >= 0.3 is 12.0 Å². The Labute approximate surface area is 189 Å². The third-order valence-corrected chi connectivity index (χ3v) is 5.70. The molecule has 1 atom stereocenters. The number of hydrogen-bond acceptors (Lipinski definition) is 5. The van der Waals surface area contributed by atoms with Gasteiger partial charge in [0.15, 0.2) is 0 Å². The molecule has 0 aliphatic carbocycles. The molecule has 4 rings (SSSR count). The molecule has 1 unspecified atom stereocenters. The maximum Gasteiger partial charge on any atom is 0.330 e. The zero-order valence-electron chi connectivity index (χ0n) is 17.9. The van der Waals surface area contributed by atoms with Crippen molar-refractivity contribution in [2.75, 3.05) is 25.1 Å². The lowest BCUT2D eigenvalue weighted by atomic mass is 9.88. The summed E-state index contributed by atoms with van der Waals surface area (Å²) in [6.45, 7) is -0.771. The Kier molecular flexibility index (Phi) is 6.09. The summed E-state index contributed by atoms with van der Waals surface area (Å²) in [6, 6.07) is 13.6. The van der Waals surface area contributed by atoms with Crippen LogP contribution >= 0.6 is 0 Å². The summed E-state index contributed by atoms with van der Waals surface area (Å²) in [7, 11) is 1.22. The van der Waals surface area contributed by atoms with Gasteiger partial charge in [-0.05, 0) is 35.4 Å². The molecule has 0 saturated heterocycles. The van der Waals surface area contributed by atoms with Gasteiger partial charge in [-0.3, -0.25) is 14.5 Å². The van der Waals surface area contributed by atoms with E-state index in [1.807, 2.05) is 6.07 Å². The van der Waals surface area contributed by atoms with Gasteiger partial charge in [0.2, 0.25) is 0 Å². The third kappa shape index (κ3) is 4.03. The van der Waals surface area contributed by atoms with Gasteiger partial charge in [-0.25, -0.2) is 9.18 Å². The number of nitriles is 1. The highest BCUT2D eigenvalue weighted by atomic mass is 19.1. The minimum absolute atomic E-state index is 0.320. The zero-order chi connectivity index (χ0) is 23.5. The first-order valence-corrected chi connectivity index (χ1v) is 10.3. The minimum atomic E-state index is -0.861. The number of halogens is 1. The number of methoxy groups -OCH3 is 1. The first kappa shape index (κ1) is 22.0. The number of anilines is 1. The number of ether oxygens (including phenoxy) is 1. The Morgan fingerprint density at radius 1 is 1.24 bits per heavy atom. The van der Waals surface area contributed by atoms with E-state index in [-0.39, 0.29) is 5.91 Å². The molecule has 3 amide bonds. The predicted molar refractivity (Wildman–Crippen MR) is 116 cm³/mol. The predicted octanol–water partition coefficient (Wildman–Crippen LogP) is 2.96. The SMILES string of the molecule is COC(=O)CN1C(=O)N(c2cccc(CF)c2)C2=C(C(=O)NCC2)C1c1ccc(C#N)cc1. The van der Waals surface area contributed by atoms with Crippen molar-refractivity contribution in [2.45, 2.75) is 19.1 Å². The normalized spacial score (nSPS) is 17.9. The highest BCUT2D eigenvalue weighted by molar-refractivity contribution is 6.06. The number of alkyl halides is 1. The van der Waals surface area contributed by atoms with E-state index in [1.165, 1.54) is 16.9 Å². The van der Waals surface area contributed by atoms with Gasteiger partial charge in [-0.2, -0.15) is 5.26 Å². The summed E-state index contributed by atoms with van der Waals surface area (Å²) in [4.78, 5) is 41.7. The van der Waals surface area contributed by atoms with Gasteiger partial charge in [0.1, 0.15) is 13.2 Å². The summed E-state index contributed by atoms with van der Waals surface area (Å²) in [5.41, 5.74) is 2.61. The number of hydrogen-bond donors (Lipinski definition) is 1. The van der Waals surface area contributed by atoms with Crippen LogP contribution in [0.25, 0.3) is 0 Å². The van der Waals surface area contributed by atoms with Gasteiger partial charge in [0.05, 0.1) is 36.0 Å². The molecule has 0 bridgehead atoms. The third-order valence-electron chi connectivity index (χ3n) is 5.70. The van der Waals surface area contributed by atoms with Crippen LogP contribution in [0.15, 0.2) is 59.8 Å². The lowest BCUT2D eigenvalue weighted by Gasteiger charge is -2.44. The van der Waals surface area contributed by atoms with Crippen molar-refractivity contribution in [3.05, 3.63) is 76.5 Å². The number of nitrogens with zero attached hydrogens (tertiary/aromatic N) is 3. The molecule has 8 nitrogen and oxygen atoms in total. The fraction of sp³-hybridized carbons (Fsp3) is 0.250. The van der Waals surface area contributed by atoms with Crippen LogP contribution in [0, 0.1) is 11.3 Å². The monoisotopic (exact) mass is 448 g/mol. The van der Waals surface area contributed by atoms with Gasteiger partial charge in [-0.1, -0.05) is 24.3 Å². The second kappa shape index (κ2) is 9.12. The van der Waals surface area contributed by atoms with E-state index in [0.29, 0.717) is 46.6 Å². The van der Waals surface area contributed by atoms with Gasteiger partial charge in [-0.15, -0.1) is 0 Å². The molecule has 0 spiro atoms. The number of nitrogens with one attached hydrogen (secondary N) is 1. The number of amides is 3. The smallest absolute Gasteiger partial charge is 0.330 e. The maximum absolute atomic E-state index is 13.8. The fourth-order valence-corrected chi connectivity index (χ4v) is 4.17. The maximum atomic E-state index is 13.8. The quantitative estimate of drug-likeness (QED) is 0.709. The van der Waals surface area contributed by atoms with Crippen molar-refractivity contribution >= 4 is 23.6 Å². The summed E-state index contributed by atoms with van der Waals surface area (Å²) in [6.07, 6.45) is 0.380. The summed E-state index contributed by atoms with van der Waals surface area (Å²) >= 11 is 0. The molecule has 2 aromatic rings. The van der Waals surface area contributed by atoms with Crippen molar-refractivity contribution < 1.29 is 23.5 Å². The van der Waals surface area contributed by atoms with Crippen LogP contribution in [0.2, 0.25) is 0 Å². The first-order valence-electron chi connectivity index (χ1n) is 10.3. The Morgan fingerprint density at radius 2 is 2.00 bits per heavy atom. The largest absolute Gasteiger partial charge is 0.468 e. The average molecular weight is 448 g/mol. The van der Waals surface area contributed by atoms with Crippen LogP contribution in [0.1, 0.15) is 29.2 Å². The minimum Gasteiger partial charge on any atom is -0.468 e. The summed E-state index contributed by atoms with van der Waals surface area (Å²) in [5, 5.41) is 11.9. The Morgan fingerprint density at radius 3 is 2.67 bits per heavy atom. The Bertz CT molecular complexity index is 1190. The van der Waals surface area contributed by atoms with E-state index < -0.39 is 31.3 Å². The molecular weight excluding hydrogens is 427 g/mol. The van der Waals surface area contributed by atoms with E-state index >= 15 is 0 Å². The lowest BCUT2D eigenvalue weighted by molar-refractivity contribution is -0.141. The highest BCUT2D eigenvalue weighted by Gasteiger charge is 2.45. The standard InChI is InChI=1S/C24H21FN4O4/c1-33-20(30)14-28-22(17-7-5-15(13-26)6-8-17)21-19(9-10-27-23(21)31)29(24(28)32)18-4-2-3-16(11-18)12-25/h2-8,11,22H,9-10,12,14H2,1H3,(H,27,31). The second-order valence-corrected chi connectivity index (χ2v) is 7.63. The summed E-state index contributed by atoms with van der Waals surface area (Å²) < 4.78 is 18.1. The molecule has 0 saturated carbocycles. The first-order chi connectivity index (χ1) is 16.0. The zero-order valence-corrected chi connectivity index (χ0v) is 17.9. The Balaban J connectivity index is 1.93. The lowest BCUT2D eigenvalue weighted by Crippen LogP contribution is -2.55. The van der Waals surface area contributed by atoms with Gasteiger partial charge < -0.3 is 15.0 Å². The van der Waals surface area contributed by atoms with Crippen LogP contribution in [-0.2, 0) is 21.0 Å². The number of benzene rings is 2. The van der Waals surface area contributed by atoms with Crippen molar-refractivity contribution in [3.8, 4) is 6.07 Å². The molecule has 2 heterocycles. The molecule has 0 aromatic heterocycles. The molecule has 2 aliphatic rings. The topological polar surface area (TPSA) is 103 Å². The van der Waals surface area contributed by atoms with E-state index in [4.69, 9.17) is 10.00 Å². The molecule has 2 aromatic carbocycles. The van der Waals surface area contributed by atoms with Crippen LogP contribution in [-0.4, -0.2) is 43.0 Å². The van der Waals surface area contributed by atoms with Crippen molar-refractivity contribution in [2.24, 2.45) is 0 Å². The summed E-state index contributed by atoms with van der Waals surface area (Å²) in [5.74, 6) is -1.01. The molecule has 33 heavy (non-hydrogen) atoms. The number of rotatable bonds is 5. The molecule has 0 radical (unpaired) electrons. The van der Waals surface area contributed by atoms with Crippen LogP contribution < -0.4 is 10.2 Å². The van der Waals surface area contributed by atoms with E-state index in [0.717, 1.165) is 0 Å². The number of carbonyl (C=O) groups is 3. The van der Waals surface area contributed by atoms with Crippen LogP contribution in [0.4, 0.5) is 14.9 Å². The van der Waals surface area contributed by atoms with Crippen LogP contribution in [0.3, 0.4) is 0 Å². The van der Waals surface area contributed by atoms with Crippen molar-refractivity contribution in [1.82, 2.24) is 10.2 Å². The van der Waals surface area contributed by atoms with Crippen LogP contribution in [0.5, 0.6) is 0 Å². The fourth-order valence-electron chi connectivity index (χ4n) is 4.17. The molecule has 168 valence electrons. The number of urea groups is 1. The highest BCUT2D eigenvalue weighted by Crippen LogP contribution is 2.41. The van der Waals surface area contributed by atoms with Crippen molar-refractivity contribution in [1.29, 1.82) is 5.26 Å². The number of carbonyl (C=O) groups excluding carboxylic acids is 3. The van der Waals surface area contributed by atoms with Crippen molar-refractivity contribution in [3.63, 3.8) is 0 Å². The molecule has 0 fully saturated rings. The molecule has 1 N–H and O–H groups in total. The molecule has 2 aliphatic heterocycles.